The molecule has 7 nitrogen and oxygen atoms in total. The third-order valence-corrected chi connectivity index (χ3v) is 7.08. The van der Waals surface area contributed by atoms with Gasteiger partial charge in [0.05, 0.1) is 17.2 Å². The fourth-order valence-corrected chi connectivity index (χ4v) is 5.15. The first-order valence-electron chi connectivity index (χ1n) is 10.5. The molecule has 1 aliphatic rings. The van der Waals surface area contributed by atoms with Crippen molar-refractivity contribution in [2.75, 3.05) is 26.2 Å². The Morgan fingerprint density at radius 1 is 1.17 bits per heavy atom. The molecule has 0 aliphatic carbocycles. The second kappa shape index (κ2) is 10.2. The number of likely N-dealkylation sites (tertiary alicyclic amines) is 1. The van der Waals surface area contributed by atoms with Crippen molar-refractivity contribution in [2.45, 2.75) is 50.5 Å². The summed E-state index contributed by atoms with van der Waals surface area (Å²) in [7, 11) is -3.65. The zero-order valence-electron chi connectivity index (χ0n) is 17.7. The van der Waals surface area contributed by atoms with Gasteiger partial charge in [0.15, 0.2) is 0 Å². The number of carbonyl (C=O) groups excluding carboxylic acids is 1. The minimum Gasteiger partial charge on any atom is -0.468 e. The highest BCUT2D eigenvalue weighted by Crippen LogP contribution is 2.24. The van der Waals surface area contributed by atoms with E-state index in [0.717, 1.165) is 37.3 Å². The first-order chi connectivity index (χ1) is 14.4. The van der Waals surface area contributed by atoms with Crippen molar-refractivity contribution >= 4 is 15.9 Å². The molecule has 1 amide bonds. The van der Waals surface area contributed by atoms with Gasteiger partial charge in [-0.3, -0.25) is 9.69 Å². The summed E-state index contributed by atoms with van der Waals surface area (Å²) < 4.78 is 33.2. The van der Waals surface area contributed by atoms with Gasteiger partial charge in [-0.15, -0.1) is 0 Å². The number of aryl methyl sites for hydroxylation is 2. The van der Waals surface area contributed by atoms with Gasteiger partial charge in [0.25, 0.3) is 0 Å². The number of nitrogens with zero attached hydrogens (tertiary/aromatic N) is 1. The van der Waals surface area contributed by atoms with Crippen molar-refractivity contribution in [1.82, 2.24) is 14.9 Å². The van der Waals surface area contributed by atoms with Gasteiger partial charge in [-0.05, 0) is 69.1 Å². The van der Waals surface area contributed by atoms with Crippen LogP contribution in [0.15, 0.2) is 45.9 Å². The predicted octanol–water partition coefficient (Wildman–Crippen LogP) is 2.91. The Balaban J connectivity index is 1.51. The van der Waals surface area contributed by atoms with Crippen LogP contribution in [0.2, 0.25) is 0 Å². The maximum Gasteiger partial charge on any atom is 0.240 e. The number of carbonyl (C=O) groups is 1. The van der Waals surface area contributed by atoms with Crippen LogP contribution < -0.4 is 10.0 Å². The lowest BCUT2D eigenvalue weighted by Crippen LogP contribution is -2.41. The normalized spacial score (nSPS) is 16.3. The smallest absolute Gasteiger partial charge is 0.240 e. The van der Waals surface area contributed by atoms with Crippen LogP contribution in [0.4, 0.5) is 0 Å². The van der Waals surface area contributed by atoms with Crippen molar-refractivity contribution in [3.05, 3.63) is 53.5 Å². The van der Waals surface area contributed by atoms with Gasteiger partial charge >= 0.3 is 0 Å². The maximum atomic E-state index is 12.6. The highest BCUT2D eigenvalue weighted by atomic mass is 32.2. The van der Waals surface area contributed by atoms with Crippen LogP contribution >= 0.6 is 0 Å². The van der Waals surface area contributed by atoms with Gasteiger partial charge in [-0.2, -0.15) is 0 Å². The molecule has 2 heterocycles. The Morgan fingerprint density at radius 2 is 1.93 bits per heavy atom. The molecule has 30 heavy (non-hydrogen) atoms. The Bertz CT molecular complexity index is 935. The number of benzene rings is 1. The molecule has 0 spiro atoms. The lowest BCUT2D eigenvalue weighted by molar-refractivity contribution is -0.121. The summed E-state index contributed by atoms with van der Waals surface area (Å²) in [5, 5.41) is 2.94. The second-order valence-electron chi connectivity index (χ2n) is 7.85. The fourth-order valence-electron chi connectivity index (χ4n) is 3.79. The highest BCUT2D eigenvalue weighted by molar-refractivity contribution is 7.89. The maximum absolute atomic E-state index is 12.6. The van der Waals surface area contributed by atoms with Gasteiger partial charge in [-0.25, -0.2) is 13.1 Å². The zero-order chi connectivity index (χ0) is 21.6. The molecule has 1 fully saturated rings. The minimum absolute atomic E-state index is 0.00381. The fraction of sp³-hybridized carbons (Fsp3) is 0.500. The molecular formula is C22H31N3O4S. The number of piperidine rings is 1. The molecule has 1 saturated heterocycles. The molecule has 164 valence electrons. The van der Waals surface area contributed by atoms with E-state index in [4.69, 9.17) is 4.42 Å². The first kappa shape index (κ1) is 22.5. The summed E-state index contributed by atoms with van der Waals surface area (Å²) in [5.74, 6) is 0.653. The monoisotopic (exact) mass is 433 g/mol. The van der Waals surface area contributed by atoms with Crippen LogP contribution in [0, 0.1) is 13.8 Å². The quantitative estimate of drug-likeness (QED) is 0.634. The summed E-state index contributed by atoms with van der Waals surface area (Å²) in [4.78, 5) is 14.9. The van der Waals surface area contributed by atoms with Crippen LogP contribution in [0.3, 0.4) is 0 Å². The molecule has 0 saturated carbocycles. The van der Waals surface area contributed by atoms with E-state index in [0.29, 0.717) is 12.1 Å². The summed E-state index contributed by atoms with van der Waals surface area (Å²) in [5.41, 5.74) is 1.56. The van der Waals surface area contributed by atoms with Crippen LogP contribution in [0.25, 0.3) is 0 Å². The zero-order valence-corrected chi connectivity index (χ0v) is 18.5. The lowest BCUT2D eigenvalue weighted by Gasteiger charge is -2.33. The van der Waals surface area contributed by atoms with Crippen LogP contribution in [-0.4, -0.2) is 45.4 Å². The molecule has 2 aromatic rings. The first-order valence-corrected chi connectivity index (χ1v) is 12.0. The summed E-state index contributed by atoms with van der Waals surface area (Å²) in [6.45, 7) is 6.07. The summed E-state index contributed by atoms with van der Waals surface area (Å²) in [6, 6.07) is 9.09. The molecule has 2 N–H and O–H groups in total. The molecule has 1 atom stereocenters. The summed E-state index contributed by atoms with van der Waals surface area (Å²) >= 11 is 0. The molecule has 0 radical (unpaired) electrons. The van der Waals surface area contributed by atoms with Gasteiger partial charge in [0.1, 0.15) is 5.76 Å². The lowest BCUT2D eigenvalue weighted by atomic mass is 10.1. The topological polar surface area (TPSA) is 91.6 Å². The number of hydrogen-bond acceptors (Lipinski definition) is 5. The third kappa shape index (κ3) is 5.93. The number of amides is 1. The second-order valence-corrected chi connectivity index (χ2v) is 9.58. The van der Waals surface area contributed by atoms with Gasteiger partial charge in [0.2, 0.25) is 15.9 Å². The summed E-state index contributed by atoms with van der Waals surface area (Å²) in [6.07, 6.45) is 5.25. The van der Waals surface area contributed by atoms with Crippen LogP contribution in [0.1, 0.15) is 48.6 Å². The Hall–Kier alpha value is -2.16. The molecule has 1 unspecified atom stereocenters. The van der Waals surface area contributed by atoms with E-state index in [2.05, 4.69) is 14.9 Å². The van der Waals surface area contributed by atoms with Crippen molar-refractivity contribution in [3.63, 3.8) is 0 Å². The number of nitrogens with one attached hydrogen (secondary N) is 2. The average Bonchev–Trinajstić information content (AvgIpc) is 3.25. The van der Waals surface area contributed by atoms with Crippen LogP contribution in [-0.2, 0) is 14.8 Å². The largest absolute Gasteiger partial charge is 0.468 e. The number of rotatable bonds is 9. The van der Waals surface area contributed by atoms with Gasteiger partial charge < -0.3 is 9.73 Å². The number of sulfonamides is 1. The number of hydrogen-bond donors (Lipinski definition) is 2. The highest BCUT2D eigenvalue weighted by Gasteiger charge is 2.25. The molecule has 3 rings (SSSR count). The van der Waals surface area contributed by atoms with Crippen molar-refractivity contribution in [1.29, 1.82) is 0 Å². The standard InChI is InChI=1S/C22H31N3O4S/c1-17-8-9-18(2)21(15-17)30(27,28)24-11-10-22(26)23-16-19(20-7-6-14-29-20)25-12-4-3-5-13-25/h6-9,14-15,19,24H,3-5,10-13,16H2,1-2H3,(H,23,26). The van der Waals surface area contributed by atoms with E-state index in [-0.39, 0.29) is 29.8 Å². The molecule has 0 bridgehead atoms. The average molecular weight is 434 g/mol. The predicted molar refractivity (Wildman–Crippen MR) is 116 cm³/mol. The molecule has 8 heteroatoms. The Kier molecular flexibility index (Phi) is 7.69. The van der Waals surface area contributed by atoms with Crippen LogP contribution in [0.5, 0.6) is 0 Å². The molecule has 1 aromatic heterocycles. The Labute approximate surface area is 178 Å². The van der Waals surface area contributed by atoms with E-state index in [1.54, 1.807) is 25.3 Å². The van der Waals surface area contributed by atoms with E-state index in [1.165, 1.54) is 6.42 Å². The third-order valence-electron chi connectivity index (χ3n) is 5.47. The van der Waals surface area contributed by atoms with Crippen molar-refractivity contribution < 1.29 is 17.6 Å². The van der Waals surface area contributed by atoms with Gasteiger partial charge in [-0.1, -0.05) is 18.6 Å². The van der Waals surface area contributed by atoms with E-state index in [1.807, 2.05) is 25.1 Å². The molecule has 1 aliphatic heterocycles. The van der Waals surface area contributed by atoms with E-state index in [9.17, 15) is 13.2 Å². The van der Waals surface area contributed by atoms with E-state index >= 15 is 0 Å². The molecular weight excluding hydrogens is 402 g/mol. The molecule has 1 aromatic carbocycles. The van der Waals surface area contributed by atoms with E-state index < -0.39 is 10.0 Å². The Morgan fingerprint density at radius 3 is 2.63 bits per heavy atom. The van der Waals surface area contributed by atoms with Crippen molar-refractivity contribution in [2.24, 2.45) is 0 Å². The van der Waals surface area contributed by atoms with Gasteiger partial charge in [0, 0.05) is 19.5 Å². The number of furan rings is 1. The SMILES string of the molecule is Cc1ccc(C)c(S(=O)(=O)NCCC(=O)NCC(c2ccco2)N2CCCCC2)c1. The minimum atomic E-state index is -3.65. The van der Waals surface area contributed by atoms with Crippen molar-refractivity contribution in [3.8, 4) is 0 Å².